The Kier molecular flexibility index (Phi) is 3.91. The van der Waals surface area contributed by atoms with Gasteiger partial charge in [-0.2, -0.15) is 0 Å². The molecule has 4 heteroatoms. The van der Waals surface area contributed by atoms with Gasteiger partial charge in [0, 0.05) is 12.4 Å². The Morgan fingerprint density at radius 2 is 2.12 bits per heavy atom. The number of likely N-dealkylation sites (N-methyl/N-ethyl adjacent to an activating group) is 1. The number of alkyl halides is 1. The molecular formula is C12H16ClNO2. The molecule has 0 bridgehead atoms. The molecule has 1 heterocycles. The van der Waals surface area contributed by atoms with Crippen LogP contribution in [0.3, 0.4) is 0 Å². The van der Waals surface area contributed by atoms with Crippen molar-refractivity contribution in [2.75, 3.05) is 26.1 Å². The van der Waals surface area contributed by atoms with Gasteiger partial charge in [-0.25, -0.2) is 0 Å². The smallest absolute Gasteiger partial charge is 0.186 e. The van der Waals surface area contributed by atoms with Crippen LogP contribution in [0.4, 0.5) is 0 Å². The molecule has 0 fully saturated rings. The van der Waals surface area contributed by atoms with Crippen molar-refractivity contribution in [1.82, 2.24) is 4.90 Å². The van der Waals surface area contributed by atoms with E-state index in [9.17, 15) is 0 Å². The summed E-state index contributed by atoms with van der Waals surface area (Å²) in [6, 6.07) is 7.74. The third-order valence-electron chi connectivity index (χ3n) is 2.63. The van der Waals surface area contributed by atoms with Crippen molar-refractivity contribution in [2.24, 2.45) is 0 Å². The maximum absolute atomic E-state index is 5.85. The summed E-state index contributed by atoms with van der Waals surface area (Å²) in [5.74, 6) is 2.31. The van der Waals surface area contributed by atoms with E-state index in [-0.39, 0.29) is 6.23 Å². The second-order valence-corrected chi connectivity index (χ2v) is 4.23. The van der Waals surface area contributed by atoms with Crippen LogP contribution in [0.25, 0.3) is 0 Å². The maximum Gasteiger partial charge on any atom is 0.186 e. The molecule has 16 heavy (non-hydrogen) atoms. The van der Waals surface area contributed by atoms with Crippen molar-refractivity contribution in [3.8, 4) is 11.5 Å². The molecule has 1 aliphatic heterocycles. The van der Waals surface area contributed by atoms with E-state index in [2.05, 4.69) is 4.90 Å². The van der Waals surface area contributed by atoms with Crippen LogP contribution in [0.15, 0.2) is 24.3 Å². The van der Waals surface area contributed by atoms with Crippen LogP contribution in [0.1, 0.15) is 6.42 Å². The van der Waals surface area contributed by atoms with E-state index >= 15 is 0 Å². The first kappa shape index (κ1) is 11.6. The predicted octanol–water partition coefficient (Wildman–Crippen LogP) is 2.34. The normalized spacial score (nSPS) is 18.8. The summed E-state index contributed by atoms with van der Waals surface area (Å²) in [5.41, 5.74) is 0. The van der Waals surface area contributed by atoms with Crippen LogP contribution in [0.5, 0.6) is 11.5 Å². The average Bonchev–Trinajstić information content (AvgIpc) is 2.35. The Morgan fingerprint density at radius 1 is 1.38 bits per heavy atom. The van der Waals surface area contributed by atoms with Crippen LogP contribution >= 0.6 is 11.6 Å². The topological polar surface area (TPSA) is 21.7 Å². The Labute approximate surface area is 101 Å². The van der Waals surface area contributed by atoms with Crippen LogP contribution in [-0.2, 0) is 0 Å². The molecule has 2 rings (SSSR count). The molecule has 0 aliphatic carbocycles. The van der Waals surface area contributed by atoms with Crippen molar-refractivity contribution in [2.45, 2.75) is 12.6 Å². The van der Waals surface area contributed by atoms with Crippen molar-refractivity contribution < 1.29 is 9.47 Å². The molecule has 0 saturated heterocycles. The number of rotatable bonds is 4. The number of para-hydroxylation sites is 2. The minimum atomic E-state index is -0.0156. The van der Waals surface area contributed by atoms with Gasteiger partial charge in [0.05, 0.1) is 0 Å². The highest BCUT2D eigenvalue weighted by molar-refractivity contribution is 6.17. The lowest BCUT2D eigenvalue weighted by Crippen LogP contribution is -2.43. The van der Waals surface area contributed by atoms with Crippen LogP contribution < -0.4 is 9.47 Å². The number of fused-ring (bicyclic) bond motifs is 1. The zero-order valence-corrected chi connectivity index (χ0v) is 10.1. The van der Waals surface area contributed by atoms with E-state index in [1.54, 1.807) is 0 Å². The Bertz CT molecular complexity index is 346. The maximum atomic E-state index is 5.85. The summed E-state index contributed by atoms with van der Waals surface area (Å²) in [6.45, 7) is 1.48. The highest BCUT2D eigenvalue weighted by Gasteiger charge is 2.23. The second kappa shape index (κ2) is 5.41. The molecule has 0 spiro atoms. The first-order valence-electron chi connectivity index (χ1n) is 5.46. The third-order valence-corrected chi connectivity index (χ3v) is 2.90. The van der Waals surface area contributed by atoms with E-state index < -0.39 is 0 Å². The van der Waals surface area contributed by atoms with Gasteiger partial charge in [0.2, 0.25) is 0 Å². The van der Waals surface area contributed by atoms with Gasteiger partial charge in [0.1, 0.15) is 6.61 Å². The summed E-state index contributed by atoms with van der Waals surface area (Å²) in [4.78, 5) is 2.12. The van der Waals surface area contributed by atoms with Gasteiger partial charge in [0.25, 0.3) is 0 Å². The third kappa shape index (κ3) is 2.60. The van der Waals surface area contributed by atoms with Crippen LogP contribution in [0, 0.1) is 0 Å². The molecule has 0 unspecified atom stereocenters. The first-order valence-corrected chi connectivity index (χ1v) is 5.99. The average molecular weight is 242 g/mol. The summed E-state index contributed by atoms with van der Waals surface area (Å²) in [7, 11) is 2.02. The zero-order chi connectivity index (χ0) is 11.4. The van der Waals surface area contributed by atoms with Crippen LogP contribution in [-0.4, -0.2) is 37.2 Å². The quantitative estimate of drug-likeness (QED) is 0.756. The number of hydrogen-bond acceptors (Lipinski definition) is 3. The largest absolute Gasteiger partial charge is 0.484 e. The van der Waals surface area contributed by atoms with Gasteiger partial charge in [-0.3, -0.25) is 4.90 Å². The Balaban J connectivity index is 1.97. The van der Waals surface area contributed by atoms with E-state index in [0.717, 1.165) is 24.5 Å². The number of halogens is 1. The molecular weight excluding hydrogens is 226 g/mol. The fourth-order valence-electron chi connectivity index (χ4n) is 1.68. The van der Waals surface area contributed by atoms with E-state index in [0.29, 0.717) is 12.5 Å². The van der Waals surface area contributed by atoms with Gasteiger partial charge >= 0.3 is 0 Å². The molecule has 1 aliphatic rings. The standard InChI is InChI=1S/C12H16ClNO2/c1-14(8-4-7-13)12-9-15-10-5-2-3-6-11(10)16-12/h2-3,5-6,12H,4,7-9H2,1H3/t12-/m1/s1. The van der Waals surface area contributed by atoms with Crippen LogP contribution in [0.2, 0.25) is 0 Å². The van der Waals surface area contributed by atoms with Crippen molar-refractivity contribution >= 4 is 11.6 Å². The summed E-state index contributed by atoms with van der Waals surface area (Å²) in [6.07, 6.45) is 0.942. The highest BCUT2D eigenvalue weighted by Crippen LogP contribution is 2.31. The van der Waals surface area contributed by atoms with Crippen molar-refractivity contribution in [3.63, 3.8) is 0 Å². The molecule has 0 N–H and O–H groups in total. The van der Waals surface area contributed by atoms with Crippen molar-refractivity contribution in [3.05, 3.63) is 24.3 Å². The molecule has 0 radical (unpaired) electrons. The van der Waals surface area contributed by atoms with Crippen molar-refractivity contribution in [1.29, 1.82) is 0 Å². The molecule has 1 aromatic rings. The summed E-state index contributed by atoms with van der Waals surface area (Å²) in [5, 5.41) is 0. The minimum absolute atomic E-state index is 0.0156. The number of benzene rings is 1. The summed E-state index contributed by atoms with van der Waals surface area (Å²) < 4.78 is 11.5. The Morgan fingerprint density at radius 3 is 2.88 bits per heavy atom. The van der Waals surface area contributed by atoms with E-state index in [4.69, 9.17) is 21.1 Å². The Hall–Kier alpha value is -0.930. The molecule has 88 valence electrons. The zero-order valence-electron chi connectivity index (χ0n) is 9.36. The second-order valence-electron chi connectivity index (χ2n) is 3.85. The molecule has 0 amide bonds. The predicted molar refractivity (Wildman–Crippen MR) is 64.3 cm³/mol. The van der Waals surface area contributed by atoms with Gasteiger partial charge in [-0.15, -0.1) is 11.6 Å². The van der Waals surface area contributed by atoms with Gasteiger partial charge in [-0.05, 0) is 25.6 Å². The molecule has 1 atom stereocenters. The SMILES string of the molecule is CN(CCCCl)[C@H]1COc2ccccc2O1. The van der Waals surface area contributed by atoms with E-state index in [1.807, 2.05) is 31.3 Å². The molecule has 1 aromatic carbocycles. The molecule has 3 nitrogen and oxygen atoms in total. The van der Waals surface area contributed by atoms with Gasteiger partial charge in [0.15, 0.2) is 17.7 Å². The number of hydrogen-bond donors (Lipinski definition) is 0. The summed E-state index contributed by atoms with van der Waals surface area (Å²) >= 11 is 5.67. The molecule has 0 saturated carbocycles. The fourth-order valence-corrected chi connectivity index (χ4v) is 1.80. The fraction of sp³-hybridized carbons (Fsp3) is 0.500. The number of ether oxygens (including phenoxy) is 2. The molecule has 0 aromatic heterocycles. The highest BCUT2D eigenvalue weighted by atomic mass is 35.5. The van der Waals surface area contributed by atoms with Gasteiger partial charge in [-0.1, -0.05) is 12.1 Å². The lowest BCUT2D eigenvalue weighted by Gasteiger charge is -2.32. The van der Waals surface area contributed by atoms with E-state index in [1.165, 1.54) is 0 Å². The monoisotopic (exact) mass is 241 g/mol. The lowest BCUT2D eigenvalue weighted by molar-refractivity contribution is -0.0149. The minimum Gasteiger partial charge on any atom is -0.484 e. The lowest BCUT2D eigenvalue weighted by atomic mass is 10.3. The number of nitrogens with zero attached hydrogens (tertiary/aromatic N) is 1. The van der Waals surface area contributed by atoms with Gasteiger partial charge < -0.3 is 9.47 Å². The first-order chi connectivity index (χ1) is 7.81.